The third-order valence-electron chi connectivity index (χ3n) is 4.37. The molecule has 0 spiro atoms. The van der Waals surface area contributed by atoms with Gasteiger partial charge in [-0.25, -0.2) is 4.98 Å². The van der Waals surface area contributed by atoms with E-state index < -0.39 is 0 Å². The average Bonchev–Trinajstić information content (AvgIpc) is 3.05. The van der Waals surface area contributed by atoms with E-state index in [2.05, 4.69) is 53.3 Å². The molecule has 0 amide bonds. The lowest BCUT2D eigenvalue weighted by molar-refractivity contribution is 0.259. The maximum Gasteiger partial charge on any atom is 0.227 e. The molecule has 28 heavy (non-hydrogen) atoms. The molecule has 3 N–H and O–H groups in total. The second-order valence-electron chi connectivity index (χ2n) is 7.60. The predicted molar refractivity (Wildman–Crippen MR) is 114 cm³/mol. The zero-order valence-electron chi connectivity index (χ0n) is 16.6. The fourth-order valence-electron chi connectivity index (χ4n) is 3.08. The van der Waals surface area contributed by atoms with Crippen LogP contribution in [0.2, 0.25) is 5.02 Å². The molecule has 1 aromatic carbocycles. The second kappa shape index (κ2) is 8.75. The number of halogens is 1. The van der Waals surface area contributed by atoms with E-state index in [1.54, 1.807) is 6.33 Å². The first-order valence-electron chi connectivity index (χ1n) is 9.52. The third-order valence-corrected chi connectivity index (χ3v) is 4.61. The number of aliphatic hydroxyl groups excluding tert-OH is 1. The third kappa shape index (κ3) is 4.72. The van der Waals surface area contributed by atoms with E-state index in [0.717, 1.165) is 17.8 Å². The van der Waals surface area contributed by atoms with Crippen LogP contribution in [0.4, 0.5) is 17.5 Å². The first-order chi connectivity index (χ1) is 13.4. The number of aromatic nitrogens is 4. The van der Waals surface area contributed by atoms with Crippen molar-refractivity contribution in [3.8, 4) is 0 Å². The van der Waals surface area contributed by atoms with Crippen LogP contribution in [-0.2, 0) is 0 Å². The van der Waals surface area contributed by atoms with E-state index in [-0.39, 0.29) is 18.7 Å². The van der Waals surface area contributed by atoms with Crippen molar-refractivity contribution in [3.05, 3.63) is 35.6 Å². The molecule has 0 fully saturated rings. The topological polar surface area (TPSA) is 87.9 Å². The summed E-state index contributed by atoms with van der Waals surface area (Å²) < 4.78 is 2.00. The number of imidazole rings is 1. The van der Waals surface area contributed by atoms with Gasteiger partial charge in [-0.15, -0.1) is 0 Å². The summed E-state index contributed by atoms with van der Waals surface area (Å²) in [4.78, 5) is 13.8. The zero-order valence-corrected chi connectivity index (χ0v) is 17.4. The standard InChI is InChI=1S/C20H27ClN6O/c1-12(2)8-16(10-28)24-20-25-18(23-15-7-5-6-14(21)9-15)17-19(26-20)27(11-22-17)13(3)4/h5-7,9,11-13,16,28H,8,10H2,1-4H3,(H2,23,24,25,26)/t16-/m1/s1. The highest BCUT2D eigenvalue weighted by Crippen LogP contribution is 2.27. The van der Waals surface area contributed by atoms with E-state index in [1.165, 1.54) is 0 Å². The van der Waals surface area contributed by atoms with E-state index >= 15 is 0 Å². The summed E-state index contributed by atoms with van der Waals surface area (Å²) in [6, 6.07) is 7.53. The maximum absolute atomic E-state index is 9.72. The molecule has 0 bridgehead atoms. The van der Waals surface area contributed by atoms with Gasteiger partial charge < -0.3 is 20.3 Å². The van der Waals surface area contributed by atoms with Crippen molar-refractivity contribution in [3.63, 3.8) is 0 Å². The Balaban J connectivity index is 2.02. The quantitative estimate of drug-likeness (QED) is 0.509. The highest BCUT2D eigenvalue weighted by Gasteiger charge is 2.17. The van der Waals surface area contributed by atoms with Crippen molar-refractivity contribution in [1.82, 2.24) is 19.5 Å². The summed E-state index contributed by atoms with van der Waals surface area (Å²) in [5.74, 6) is 1.49. The lowest BCUT2D eigenvalue weighted by Gasteiger charge is -2.19. The van der Waals surface area contributed by atoms with Crippen LogP contribution in [0, 0.1) is 5.92 Å². The Bertz CT molecular complexity index is 940. The number of anilines is 3. The minimum atomic E-state index is -0.119. The lowest BCUT2D eigenvalue weighted by Crippen LogP contribution is -2.27. The first kappa shape index (κ1) is 20.4. The number of hydrogen-bond acceptors (Lipinski definition) is 6. The van der Waals surface area contributed by atoms with Gasteiger partial charge in [-0.1, -0.05) is 31.5 Å². The molecule has 7 nitrogen and oxygen atoms in total. The van der Waals surface area contributed by atoms with Crippen LogP contribution in [0.1, 0.15) is 40.2 Å². The van der Waals surface area contributed by atoms with E-state index in [0.29, 0.717) is 28.2 Å². The molecule has 3 rings (SSSR count). The van der Waals surface area contributed by atoms with Crippen LogP contribution in [0.5, 0.6) is 0 Å². The Kier molecular flexibility index (Phi) is 6.36. The van der Waals surface area contributed by atoms with E-state index in [9.17, 15) is 5.11 Å². The molecule has 8 heteroatoms. The summed E-state index contributed by atoms with van der Waals surface area (Å²) in [6.45, 7) is 8.41. The van der Waals surface area contributed by atoms with Gasteiger partial charge in [-0.05, 0) is 44.4 Å². The number of fused-ring (bicyclic) bond motifs is 1. The van der Waals surface area contributed by atoms with Crippen LogP contribution in [0.15, 0.2) is 30.6 Å². The number of hydrogen-bond donors (Lipinski definition) is 3. The molecule has 0 aliphatic heterocycles. The fraction of sp³-hybridized carbons (Fsp3) is 0.450. The molecule has 1 atom stereocenters. The van der Waals surface area contributed by atoms with Crippen LogP contribution < -0.4 is 10.6 Å². The Labute approximate surface area is 170 Å². The van der Waals surface area contributed by atoms with Crippen LogP contribution in [0.3, 0.4) is 0 Å². The molecule has 2 aromatic heterocycles. The monoisotopic (exact) mass is 402 g/mol. The number of nitrogens with one attached hydrogen (secondary N) is 2. The summed E-state index contributed by atoms with van der Waals surface area (Å²) in [5.41, 5.74) is 2.24. The van der Waals surface area contributed by atoms with Crippen molar-refractivity contribution in [2.45, 2.75) is 46.2 Å². The highest BCUT2D eigenvalue weighted by atomic mass is 35.5. The molecule has 2 heterocycles. The van der Waals surface area contributed by atoms with Gasteiger partial charge in [0, 0.05) is 16.8 Å². The van der Waals surface area contributed by atoms with Gasteiger partial charge in [0.15, 0.2) is 17.0 Å². The van der Waals surface area contributed by atoms with Gasteiger partial charge in [0.05, 0.1) is 19.0 Å². The second-order valence-corrected chi connectivity index (χ2v) is 8.04. The average molecular weight is 403 g/mol. The smallest absolute Gasteiger partial charge is 0.227 e. The van der Waals surface area contributed by atoms with Crippen LogP contribution >= 0.6 is 11.6 Å². The van der Waals surface area contributed by atoms with E-state index in [1.807, 2.05) is 28.8 Å². The summed E-state index contributed by atoms with van der Waals surface area (Å²) in [6.07, 6.45) is 2.59. The molecule has 150 valence electrons. The molecular weight excluding hydrogens is 376 g/mol. The molecule has 3 aromatic rings. The van der Waals surface area contributed by atoms with E-state index in [4.69, 9.17) is 11.6 Å². The normalized spacial score (nSPS) is 12.7. The molecule has 0 unspecified atom stereocenters. The van der Waals surface area contributed by atoms with Gasteiger partial charge in [0.1, 0.15) is 0 Å². The summed E-state index contributed by atoms with van der Waals surface area (Å²) >= 11 is 6.11. The van der Waals surface area contributed by atoms with Crippen molar-refractivity contribution in [1.29, 1.82) is 0 Å². The first-order valence-corrected chi connectivity index (χ1v) is 9.89. The van der Waals surface area contributed by atoms with Crippen LogP contribution in [-0.4, -0.2) is 37.3 Å². The molecule has 0 radical (unpaired) electrons. The van der Waals surface area contributed by atoms with Crippen molar-refractivity contribution >= 4 is 40.2 Å². The Morgan fingerprint density at radius 3 is 2.61 bits per heavy atom. The zero-order chi connectivity index (χ0) is 20.3. The highest BCUT2D eigenvalue weighted by molar-refractivity contribution is 6.30. The lowest BCUT2D eigenvalue weighted by atomic mass is 10.0. The molecule has 0 aliphatic carbocycles. The number of nitrogens with zero attached hydrogens (tertiary/aromatic N) is 4. The number of benzene rings is 1. The minimum absolute atomic E-state index is 0.0140. The van der Waals surface area contributed by atoms with Crippen molar-refractivity contribution in [2.75, 3.05) is 17.2 Å². The largest absolute Gasteiger partial charge is 0.394 e. The van der Waals surface area contributed by atoms with Crippen molar-refractivity contribution in [2.24, 2.45) is 5.92 Å². The van der Waals surface area contributed by atoms with Gasteiger partial charge in [-0.3, -0.25) is 0 Å². The predicted octanol–water partition coefficient (Wildman–Crippen LogP) is 4.62. The Morgan fingerprint density at radius 2 is 1.96 bits per heavy atom. The minimum Gasteiger partial charge on any atom is -0.394 e. The Hall–Kier alpha value is -2.38. The summed E-state index contributed by atoms with van der Waals surface area (Å²) in [7, 11) is 0. The van der Waals surface area contributed by atoms with Crippen molar-refractivity contribution < 1.29 is 5.11 Å². The van der Waals surface area contributed by atoms with Gasteiger partial charge >= 0.3 is 0 Å². The maximum atomic E-state index is 9.72. The number of aliphatic hydroxyl groups is 1. The SMILES string of the molecule is CC(C)C[C@H](CO)Nc1nc(Nc2cccc(Cl)c2)c2ncn(C(C)C)c2n1. The molecule has 0 saturated carbocycles. The summed E-state index contributed by atoms with van der Waals surface area (Å²) in [5, 5.41) is 16.9. The molecule has 0 aliphatic rings. The Morgan fingerprint density at radius 1 is 1.18 bits per heavy atom. The van der Waals surface area contributed by atoms with Gasteiger partial charge in [0.2, 0.25) is 5.95 Å². The fourth-order valence-corrected chi connectivity index (χ4v) is 3.27. The number of rotatable bonds is 8. The van der Waals surface area contributed by atoms with Crippen LogP contribution in [0.25, 0.3) is 11.2 Å². The molecule has 0 saturated heterocycles. The molecular formula is C20H27ClN6O. The van der Waals surface area contributed by atoms with Gasteiger partial charge in [0.25, 0.3) is 0 Å². The van der Waals surface area contributed by atoms with Gasteiger partial charge in [-0.2, -0.15) is 9.97 Å².